The second-order valence-corrected chi connectivity index (χ2v) is 37.5. The third-order valence-electron chi connectivity index (χ3n) is 20.0. The van der Waals surface area contributed by atoms with Gasteiger partial charge in [0.25, 0.3) is 0 Å². The molecule has 133 heavy (non-hydrogen) atoms. The standard InChI is InChI=1S/C68H110O38S8.4CO2.7Na/c1-6-14-111-22-30-57-41(79)49(87)65(95-30)104-58-32(24-113-16-12-35(71)72)97-67(51(89)43(58)81)106-60-33(25-114-17-13-36(73)74)98-68(52(90)44(60)82)105-59-31(23-112-15-11-34(69)70)96-66(50(88)42(59)80)102-56-29(21-110-10-5)93-63(47(85)39(56)77)100-54-27(19-108-8-3)91-61(45(83)37(54)75)99-53-26(18-107-7-2)92-62(46(84)38(53)76)101-55-28(20-109-9-4)94-64(103-57)48(86)40(55)78;4*2-1-3;;;;;;;/h26-33,37-68,75-90H,2-25H2,1H3,(H,69,70)(H,71,72)(H,73,74);;;;;;;;;;;/q-4;;;;;7*+1/p-3. The van der Waals surface area contributed by atoms with E-state index >= 15 is 0 Å². The molecule has 726 valence electrons. The number of rotatable bonds is 31. The number of carboxylic acids is 3. The first-order valence-electron chi connectivity index (χ1n) is 38.9. The maximum absolute atomic E-state index is 12.2. The van der Waals surface area contributed by atoms with Gasteiger partial charge >= 0.3 is 232 Å². The van der Waals surface area contributed by atoms with Crippen LogP contribution in [0.3, 0.4) is 0 Å². The minimum absolute atomic E-state index is 0. The molecular weight excluding hydrogens is 2020 g/mol. The number of ether oxygens (including phenoxy) is 16. The maximum atomic E-state index is 12.2. The maximum Gasteiger partial charge on any atom is 1.00 e. The van der Waals surface area contributed by atoms with E-state index in [1.165, 1.54) is 47.0 Å². The van der Waals surface area contributed by atoms with Crippen molar-refractivity contribution in [2.45, 2.75) is 278 Å². The predicted molar refractivity (Wildman–Crippen MR) is 424 cm³/mol. The van der Waals surface area contributed by atoms with Crippen molar-refractivity contribution < 1.29 is 432 Å². The van der Waals surface area contributed by atoms with Crippen molar-refractivity contribution in [1.82, 2.24) is 0 Å². The number of aliphatic carboxylic acids is 3. The van der Waals surface area contributed by atoms with Gasteiger partial charge in [0.2, 0.25) is 0 Å². The second kappa shape index (κ2) is 76.0. The van der Waals surface area contributed by atoms with Gasteiger partial charge in [-0.1, -0.05) is 6.92 Å². The summed E-state index contributed by atoms with van der Waals surface area (Å²) in [5, 5.41) is 228. The molecule has 0 aromatic heterocycles. The van der Waals surface area contributed by atoms with E-state index < -0.39 is 283 Å². The van der Waals surface area contributed by atoms with Crippen molar-refractivity contribution in [3.05, 3.63) is 27.7 Å². The van der Waals surface area contributed by atoms with Gasteiger partial charge in [-0.2, -0.15) is 132 Å². The Morgan fingerprint density at radius 3 is 0.466 bits per heavy atom. The van der Waals surface area contributed by atoms with Crippen molar-refractivity contribution in [3.63, 3.8) is 0 Å². The Morgan fingerprint density at radius 1 is 0.233 bits per heavy atom. The van der Waals surface area contributed by atoms with Gasteiger partial charge in [-0.25, -0.2) is 0 Å². The number of carbonyl (C=O) groups is 3. The zero-order valence-corrected chi connectivity index (χ0v) is 94.8. The van der Waals surface area contributed by atoms with E-state index in [0.717, 1.165) is 47.0 Å². The van der Waals surface area contributed by atoms with Crippen molar-refractivity contribution in [2.75, 3.05) is 92.0 Å². The summed E-state index contributed by atoms with van der Waals surface area (Å²) in [4.78, 5) is 99.9. The molecule has 0 aromatic rings. The molecular formula is C72H107Na7O46S8. The summed E-state index contributed by atoms with van der Waals surface area (Å²) in [5.74, 6) is -4.60. The Bertz CT molecular complexity index is 3260. The molecule has 16 bridgehead atoms. The number of thioether (sulfide) groups is 8. The molecule has 30 heterocycles. The number of hydrogen-bond donors (Lipinski definition) is 16. The molecule has 40 unspecified atom stereocenters. The fourth-order valence-corrected chi connectivity index (χ4v) is 20.6. The molecule has 16 N–H and O–H groups in total. The number of carbonyl (C=O) groups excluding carboxylic acids is 11. The summed E-state index contributed by atoms with van der Waals surface area (Å²) in [6.07, 6.45) is -73.7. The van der Waals surface area contributed by atoms with Crippen LogP contribution in [0.5, 0.6) is 0 Å². The van der Waals surface area contributed by atoms with E-state index in [4.69, 9.17) is 114 Å². The van der Waals surface area contributed by atoms with Crippen LogP contribution in [-0.4, -0.2) is 462 Å². The summed E-state index contributed by atoms with van der Waals surface area (Å²) >= 11 is 8.76. The first-order chi connectivity index (χ1) is 60.1. The summed E-state index contributed by atoms with van der Waals surface area (Å²) in [6.45, 7) is 17.4. The van der Waals surface area contributed by atoms with Crippen LogP contribution in [0.1, 0.15) is 32.6 Å². The quantitative estimate of drug-likeness (QED) is 0.0174. The predicted octanol–water partition coefficient (Wildman–Crippen LogP) is -32.6. The molecule has 0 aliphatic carbocycles. The summed E-state index contributed by atoms with van der Waals surface area (Å²) in [6, 6.07) is 0. The van der Waals surface area contributed by atoms with Gasteiger partial charge in [0.05, 0.1) is 48.8 Å². The van der Waals surface area contributed by atoms with Crippen LogP contribution < -0.4 is 222 Å². The summed E-state index contributed by atoms with van der Waals surface area (Å²) in [7, 11) is 0. The second-order valence-electron chi connectivity index (χ2n) is 28.3. The average Bonchev–Trinajstić information content (AvgIpc) is 0.748. The SMILES string of the molecule is O=C=O.O=C=O.O=C=O.O=C=O.[CH2-]CSCC1OC2OC3C(CSC[CH2-])OC(OC4C(CSCCC)OC(OC5C(CSCCC(=O)[O-])OC(OC6C(CSCCC(=O)[O-])OC(OC7C(CSCCC(=O)[O-])OC(OC8C(CSC[CH2-])OC(OC9C(CSC[CH2-])OC(OC1C(O)C2O)C(O)C9O)C(O)C8O)C(O)C7O)C(O)C6O)C(O)C5O)C(O)C4O)C(O)C3O.[Na+].[Na+].[Na+].[Na+].[Na+].[Na+].[Na+]. The van der Waals surface area contributed by atoms with Gasteiger partial charge < -0.3 is 215 Å². The van der Waals surface area contributed by atoms with E-state index in [9.17, 15) is 111 Å². The van der Waals surface area contributed by atoms with Crippen LogP contribution >= 0.6 is 94.1 Å². The molecule has 0 spiro atoms. The summed E-state index contributed by atoms with van der Waals surface area (Å²) < 4.78 is 101. The van der Waals surface area contributed by atoms with Crippen LogP contribution in [0.15, 0.2) is 0 Å². The molecule has 0 aromatic carbocycles. The molecule has 46 nitrogen and oxygen atoms in total. The monoisotopic (exact) mass is 2120 g/mol. The Kier molecular flexibility index (Phi) is 80.9. The van der Waals surface area contributed by atoms with Gasteiger partial charge in [0.15, 0.2) is 50.3 Å². The molecule has 30 aliphatic rings. The molecule has 0 amide bonds. The Hall–Kier alpha value is 4.45. The van der Waals surface area contributed by atoms with Crippen molar-refractivity contribution >= 4 is 137 Å². The zero-order chi connectivity index (χ0) is 93.8. The third-order valence-corrected chi connectivity index (χ3v) is 27.8. The molecule has 0 saturated carbocycles. The van der Waals surface area contributed by atoms with Crippen LogP contribution in [0, 0.1) is 27.7 Å². The fourth-order valence-electron chi connectivity index (χ4n) is 14.0. The topological polar surface area (TPSA) is 728 Å². The minimum Gasteiger partial charge on any atom is -0.550 e. The van der Waals surface area contributed by atoms with E-state index in [-0.39, 0.29) is 318 Å². The Balaban J connectivity index is -0.00000843. The van der Waals surface area contributed by atoms with Gasteiger partial charge in [0, 0.05) is 63.9 Å². The molecule has 30 rings (SSSR count). The minimum atomic E-state index is -2.23. The largest absolute Gasteiger partial charge is 1.00 e. The fraction of sp³-hybridized carbons (Fsp3) is 0.847. The number of carboxylic acid groups (broad SMARTS) is 3. The van der Waals surface area contributed by atoms with Crippen LogP contribution in [0.2, 0.25) is 0 Å². The van der Waals surface area contributed by atoms with E-state index in [2.05, 4.69) is 27.7 Å². The molecule has 30 aliphatic heterocycles. The third kappa shape index (κ3) is 43.4. The molecule has 61 heteroatoms. The first kappa shape index (κ1) is 142. The summed E-state index contributed by atoms with van der Waals surface area (Å²) in [5.41, 5.74) is 0. The first-order valence-corrected chi connectivity index (χ1v) is 48.1. The smallest absolute Gasteiger partial charge is 0.550 e. The van der Waals surface area contributed by atoms with Gasteiger partial charge in [-0.05, 0) is 48.7 Å². The van der Waals surface area contributed by atoms with Crippen LogP contribution in [0.25, 0.3) is 0 Å². The number of aliphatic hydroxyl groups excluding tert-OH is 16. The zero-order valence-electron chi connectivity index (χ0n) is 74.2. The van der Waals surface area contributed by atoms with E-state index in [1.807, 2.05) is 6.92 Å². The average molecular weight is 2130 g/mol. The normalized spacial score (nSPS) is 39.1. The Morgan fingerprint density at radius 2 is 0.353 bits per heavy atom. The van der Waals surface area contributed by atoms with Crippen LogP contribution in [-0.2, 0) is 129 Å². The molecule has 40 atom stereocenters. The van der Waals surface area contributed by atoms with Gasteiger partial charge in [-0.3, -0.25) is 0 Å². The Labute approximate surface area is 954 Å². The molecule has 0 radical (unpaired) electrons. The molecule has 30 fully saturated rings. The van der Waals surface area contributed by atoms with Crippen molar-refractivity contribution in [3.8, 4) is 0 Å². The van der Waals surface area contributed by atoms with E-state index in [0.29, 0.717) is 12.2 Å². The molecule has 30 saturated heterocycles. The van der Waals surface area contributed by atoms with Crippen molar-refractivity contribution in [1.29, 1.82) is 0 Å². The van der Waals surface area contributed by atoms with E-state index in [1.54, 1.807) is 0 Å². The van der Waals surface area contributed by atoms with Crippen molar-refractivity contribution in [2.24, 2.45) is 0 Å². The van der Waals surface area contributed by atoms with Gasteiger partial charge in [0.1, 0.15) is 146 Å². The number of hydrogen-bond acceptors (Lipinski definition) is 54. The van der Waals surface area contributed by atoms with Crippen LogP contribution in [0.4, 0.5) is 0 Å². The number of aliphatic hydroxyl groups is 16. The van der Waals surface area contributed by atoms with Gasteiger partial charge in [-0.15, -0.1) is 23.0 Å².